The van der Waals surface area contributed by atoms with Crippen molar-refractivity contribution in [3.63, 3.8) is 0 Å². The summed E-state index contributed by atoms with van der Waals surface area (Å²) in [5.74, 6) is 0.291. The maximum Gasteiger partial charge on any atom is 0.312 e. The molecule has 20 heavy (non-hydrogen) atoms. The second kappa shape index (κ2) is 6.07. The number of rotatable bonds is 5. The van der Waals surface area contributed by atoms with Gasteiger partial charge >= 0.3 is 5.69 Å². The van der Waals surface area contributed by atoms with Gasteiger partial charge in [0, 0.05) is 29.6 Å². The number of nitrogens with zero attached hydrogens (tertiary/aromatic N) is 1. The fourth-order valence-electron chi connectivity index (χ4n) is 2.31. The molecule has 0 amide bonds. The Labute approximate surface area is 125 Å². The van der Waals surface area contributed by atoms with Gasteiger partial charge in [0.25, 0.3) is 0 Å². The highest BCUT2D eigenvalue weighted by atomic mass is 79.9. The van der Waals surface area contributed by atoms with Gasteiger partial charge < -0.3 is 15.2 Å². The molecule has 1 aromatic rings. The van der Waals surface area contributed by atoms with Crippen LogP contribution in [0, 0.1) is 17.0 Å². The van der Waals surface area contributed by atoms with Crippen molar-refractivity contribution >= 4 is 21.6 Å². The van der Waals surface area contributed by atoms with Crippen molar-refractivity contribution in [1.29, 1.82) is 0 Å². The van der Waals surface area contributed by atoms with E-state index in [0.29, 0.717) is 28.8 Å². The van der Waals surface area contributed by atoms with Gasteiger partial charge in [-0.05, 0) is 25.5 Å². The maximum absolute atomic E-state index is 11.1. The van der Waals surface area contributed by atoms with E-state index in [1.165, 1.54) is 6.07 Å². The van der Waals surface area contributed by atoms with E-state index in [1.54, 1.807) is 13.0 Å². The summed E-state index contributed by atoms with van der Waals surface area (Å²) in [4.78, 5) is 10.7. The Bertz CT molecular complexity index is 523. The largest absolute Gasteiger partial charge is 0.480 e. The molecule has 2 rings (SSSR count). The van der Waals surface area contributed by atoms with Crippen LogP contribution >= 0.6 is 15.9 Å². The van der Waals surface area contributed by atoms with Crippen molar-refractivity contribution in [3.05, 3.63) is 32.3 Å². The minimum Gasteiger partial charge on any atom is -0.480 e. The van der Waals surface area contributed by atoms with Gasteiger partial charge in [0.1, 0.15) is 12.2 Å². The van der Waals surface area contributed by atoms with Crippen molar-refractivity contribution in [2.45, 2.75) is 38.5 Å². The highest BCUT2D eigenvalue weighted by Gasteiger charge is 2.42. The highest BCUT2D eigenvalue weighted by Crippen LogP contribution is 2.37. The zero-order valence-corrected chi connectivity index (χ0v) is 12.9. The summed E-state index contributed by atoms with van der Waals surface area (Å²) >= 11 is 3.25. The number of ether oxygens (including phenoxy) is 2. The average Bonchev–Trinajstić information content (AvgIpc) is 2.37. The average molecular weight is 345 g/mol. The Kier molecular flexibility index (Phi) is 4.62. The molecule has 2 N–H and O–H groups in total. The molecule has 110 valence electrons. The Morgan fingerprint density at radius 3 is 2.80 bits per heavy atom. The van der Waals surface area contributed by atoms with Crippen LogP contribution in [0.3, 0.4) is 0 Å². The second-order valence-electron chi connectivity index (χ2n) is 4.80. The lowest BCUT2D eigenvalue weighted by Gasteiger charge is -2.41. The molecule has 7 heteroatoms. The number of hydrogen-bond acceptors (Lipinski definition) is 5. The van der Waals surface area contributed by atoms with Crippen molar-refractivity contribution in [2.75, 3.05) is 6.61 Å². The Morgan fingerprint density at radius 2 is 2.25 bits per heavy atom. The normalized spacial score (nSPS) is 25.1. The lowest BCUT2D eigenvalue weighted by atomic mass is 9.86. The molecule has 0 aliphatic heterocycles. The highest BCUT2D eigenvalue weighted by molar-refractivity contribution is 9.10. The van der Waals surface area contributed by atoms with Crippen LogP contribution in [-0.2, 0) is 4.74 Å². The number of hydrogen-bond donors (Lipinski definition) is 1. The lowest BCUT2D eigenvalue weighted by molar-refractivity contribution is -0.386. The van der Waals surface area contributed by atoms with Crippen LogP contribution in [0.1, 0.15) is 18.9 Å². The van der Waals surface area contributed by atoms with Crippen molar-refractivity contribution < 1.29 is 14.4 Å². The van der Waals surface area contributed by atoms with E-state index in [-0.39, 0.29) is 23.9 Å². The third kappa shape index (κ3) is 2.94. The van der Waals surface area contributed by atoms with Crippen molar-refractivity contribution in [1.82, 2.24) is 0 Å². The monoisotopic (exact) mass is 344 g/mol. The van der Waals surface area contributed by atoms with Gasteiger partial charge in [0.15, 0.2) is 0 Å². The van der Waals surface area contributed by atoms with E-state index in [9.17, 15) is 10.1 Å². The van der Waals surface area contributed by atoms with E-state index in [4.69, 9.17) is 15.2 Å². The molecule has 0 spiro atoms. The van der Waals surface area contributed by atoms with Gasteiger partial charge in [-0.3, -0.25) is 10.1 Å². The predicted molar refractivity (Wildman–Crippen MR) is 78.0 cm³/mol. The smallest absolute Gasteiger partial charge is 0.312 e. The SMILES string of the molecule is CCOC1C(N)CC1Oc1c(C)cc(Br)cc1[N+](=O)[O-]. The zero-order chi connectivity index (χ0) is 14.9. The van der Waals surface area contributed by atoms with E-state index in [0.717, 1.165) is 0 Å². The minimum atomic E-state index is -0.443. The van der Waals surface area contributed by atoms with Crippen molar-refractivity contribution in [3.8, 4) is 5.75 Å². The Hall–Kier alpha value is -1.18. The molecular formula is C13H17BrN2O4. The summed E-state index contributed by atoms with van der Waals surface area (Å²) in [5.41, 5.74) is 6.53. The standard InChI is InChI=1S/C13H17BrN2O4/c1-3-19-13-9(15)6-11(13)20-12-7(2)4-8(14)5-10(12)16(17)18/h4-5,9,11,13H,3,6,15H2,1-2H3. The maximum atomic E-state index is 11.1. The molecule has 1 saturated carbocycles. The molecule has 3 unspecified atom stereocenters. The molecule has 0 heterocycles. The fourth-order valence-corrected chi connectivity index (χ4v) is 2.87. The summed E-state index contributed by atoms with van der Waals surface area (Å²) in [6, 6.07) is 3.16. The number of nitrogens with two attached hydrogens (primary N) is 1. The van der Waals surface area contributed by atoms with Crippen LogP contribution in [0.5, 0.6) is 5.75 Å². The molecule has 1 aromatic carbocycles. The minimum absolute atomic E-state index is 0.0485. The van der Waals surface area contributed by atoms with E-state index in [1.807, 2.05) is 6.92 Å². The van der Waals surface area contributed by atoms with Crippen LogP contribution in [-0.4, -0.2) is 29.8 Å². The molecule has 1 aliphatic carbocycles. The van der Waals surface area contributed by atoms with Crippen LogP contribution in [0.4, 0.5) is 5.69 Å². The first-order valence-electron chi connectivity index (χ1n) is 6.42. The summed E-state index contributed by atoms with van der Waals surface area (Å²) in [7, 11) is 0. The van der Waals surface area contributed by atoms with Gasteiger partial charge in [0.05, 0.1) is 4.92 Å². The van der Waals surface area contributed by atoms with Crippen molar-refractivity contribution in [2.24, 2.45) is 5.73 Å². The van der Waals surface area contributed by atoms with Gasteiger partial charge in [-0.25, -0.2) is 0 Å². The Balaban J connectivity index is 2.23. The van der Waals surface area contributed by atoms with Gasteiger partial charge in [0.2, 0.25) is 5.75 Å². The van der Waals surface area contributed by atoms with Gasteiger partial charge in [-0.1, -0.05) is 15.9 Å². The molecule has 0 saturated heterocycles. The first kappa shape index (κ1) is 15.2. The molecule has 1 fully saturated rings. The molecule has 1 aliphatic rings. The third-order valence-corrected chi connectivity index (χ3v) is 3.80. The lowest BCUT2D eigenvalue weighted by Crippen LogP contribution is -2.59. The van der Waals surface area contributed by atoms with Crippen LogP contribution < -0.4 is 10.5 Å². The Morgan fingerprint density at radius 1 is 1.55 bits per heavy atom. The summed E-state index contributed by atoms with van der Waals surface area (Å²) in [6.45, 7) is 4.20. The summed E-state index contributed by atoms with van der Waals surface area (Å²) in [5, 5.41) is 11.1. The zero-order valence-electron chi connectivity index (χ0n) is 11.3. The predicted octanol–water partition coefficient (Wildman–Crippen LogP) is 2.55. The summed E-state index contributed by atoms with van der Waals surface area (Å²) < 4.78 is 12.0. The van der Waals surface area contributed by atoms with E-state index >= 15 is 0 Å². The van der Waals surface area contributed by atoms with Crippen LogP contribution in [0.15, 0.2) is 16.6 Å². The van der Waals surface area contributed by atoms with Gasteiger partial charge in [-0.15, -0.1) is 0 Å². The van der Waals surface area contributed by atoms with E-state index in [2.05, 4.69) is 15.9 Å². The third-order valence-electron chi connectivity index (χ3n) is 3.34. The first-order valence-corrected chi connectivity index (χ1v) is 7.21. The number of nitro groups is 1. The molecule has 6 nitrogen and oxygen atoms in total. The molecule has 3 atom stereocenters. The summed E-state index contributed by atoms with van der Waals surface area (Å²) in [6.07, 6.45) is 0.198. The number of nitro benzene ring substituents is 1. The molecule has 0 radical (unpaired) electrons. The number of halogens is 1. The van der Waals surface area contributed by atoms with Gasteiger partial charge in [-0.2, -0.15) is 0 Å². The topological polar surface area (TPSA) is 87.6 Å². The number of aryl methyl sites for hydroxylation is 1. The second-order valence-corrected chi connectivity index (χ2v) is 5.72. The van der Waals surface area contributed by atoms with Crippen LogP contribution in [0.2, 0.25) is 0 Å². The molecule has 0 bridgehead atoms. The molecular weight excluding hydrogens is 328 g/mol. The molecule has 0 aromatic heterocycles. The van der Waals surface area contributed by atoms with Crippen LogP contribution in [0.25, 0.3) is 0 Å². The fraction of sp³-hybridized carbons (Fsp3) is 0.538. The quantitative estimate of drug-likeness (QED) is 0.655. The number of benzene rings is 1. The first-order chi connectivity index (χ1) is 9.43. The van der Waals surface area contributed by atoms with E-state index < -0.39 is 4.92 Å².